The summed E-state index contributed by atoms with van der Waals surface area (Å²) in [6.07, 6.45) is 2.22. The van der Waals surface area contributed by atoms with Crippen LogP contribution in [0.5, 0.6) is 0 Å². The Labute approximate surface area is 114 Å². The van der Waals surface area contributed by atoms with Crippen molar-refractivity contribution in [3.63, 3.8) is 0 Å². The van der Waals surface area contributed by atoms with E-state index < -0.39 is 0 Å². The van der Waals surface area contributed by atoms with Crippen LogP contribution >= 0.6 is 0 Å². The number of ether oxygens (including phenoxy) is 1. The Hall–Kier alpha value is -1.14. The Morgan fingerprint density at radius 1 is 1.32 bits per heavy atom. The summed E-state index contributed by atoms with van der Waals surface area (Å²) in [6, 6.07) is 0.120. The average molecular weight is 271 g/mol. The zero-order valence-corrected chi connectivity index (χ0v) is 12.1. The zero-order chi connectivity index (χ0) is 14.3. The Morgan fingerprint density at radius 2 is 2.00 bits per heavy atom. The first kappa shape index (κ1) is 15.9. The molecule has 1 heterocycles. The molecule has 2 N–H and O–H groups in total. The summed E-state index contributed by atoms with van der Waals surface area (Å²) in [5.41, 5.74) is 0. The van der Waals surface area contributed by atoms with Crippen molar-refractivity contribution < 1.29 is 14.3 Å². The van der Waals surface area contributed by atoms with Gasteiger partial charge < -0.3 is 15.4 Å². The summed E-state index contributed by atoms with van der Waals surface area (Å²) < 4.78 is 5.42. The van der Waals surface area contributed by atoms with Gasteiger partial charge in [0.1, 0.15) is 0 Å². The molecular weight excluding hydrogens is 246 g/mol. The Morgan fingerprint density at radius 3 is 2.58 bits per heavy atom. The molecule has 0 aromatic heterocycles. The molecule has 0 aromatic carbocycles. The minimum absolute atomic E-state index is 0.0653. The number of amides is 2. The van der Waals surface area contributed by atoms with Crippen LogP contribution in [0.1, 0.15) is 26.7 Å². The van der Waals surface area contributed by atoms with E-state index in [0.29, 0.717) is 6.54 Å². The van der Waals surface area contributed by atoms with Crippen LogP contribution in [-0.4, -0.2) is 62.1 Å². The first-order chi connectivity index (χ1) is 8.97. The summed E-state index contributed by atoms with van der Waals surface area (Å²) in [4.78, 5) is 24.9. The van der Waals surface area contributed by atoms with Gasteiger partial charge in [-0.05, 0) is 33.7 Å². The topological polar surface area (TPSA) is 70.7 Å². The van der Waals surface area contributed by atoms with Crippen LogP contribution in [0.4, 0.5) is 0 Å². The fourth-order valence-corrected chi connectivity index (χ4v) is 2.00. The average Bonchev–Trinajstić information content (AvgIpc) is 2.77. The fraction of sp³-hybridized carbons (Fsp3) is 0.846. The third-order valence-electron chi connectivity index (χ3n) is 2.83. The highest BCUT2D eigenvalue weighted by atomic mass is 16.5. The number of likely N-dealkylation sites (N-methyl/N-ethyl adjacent to an activating group) is 1. The summed E-state index contributed by atoms with van der Waals surface area (Å²) >= 11 is 0. The third kappa shape index (κ3) is 7.12. The van der Waals surface area contributed by atoms with Crippen molar-refractivity contribution in [3.05, 3.63) is 0 Å². The Bertz CT molecular complexity index is 302. The molecule has 0 aliphatic carbocycles. The van der Waals surface area contributed by atoms with Gasteiger partial charge in [0.2, 0.25) is 11.8 Å². The van der Waals surface area contributed by atoms with Crippen molar-refractivity contribution in [1.82, 2.24) is 15.5 Å². The van der Waals surface area contributed by atoms with Crippen LogP contribution in [0.2, 0.25) is 0 Å². The predicted octanol–water partition coefficient (Wildman–Crippen LogP) is -0.262. The van der Waals surface area contributed by atoms with Crippen molar-refractivity contribution >= 4 is 11.8 Å². The van der Waals surface area contributed by atoms with E-state index in [-0.39, 0.29) is 37.0 Å². The van der Waals surface area contributed by atoms with E-state index in [2.05, 4.69) is 10.6 Å². The summed E-state index contributed by atoms with van der Waals surface area (Å²) in [5, 5.41) is 5.62. The number of carbonyl (C=O) groups is 2. The van der Waals surface area contributed by atoms with Gasteiger partial charge in [-0.3, -0.25) is 14.5 Å². The number of nitrogens with one attached hydrogen (secondary N) is 2. The van der Waals surface area contributed by atoms with Crippen molar-refractivity contribution in [3.8, 4) is 0 Å². The van der Waals surface area contributed by atoms with E-state index in [0.717, 1.165) is 19.4 Å². The molecule has 110 valence electrons. The predicted molar refractivity (Wildman–Crippen MR) is 72.8 cm³/mol. The van der Waals surface area contributed by atoms with Crippen LogP contribution in [-0.2, 0) is 14.3 Å². The van der Waals surface area contributed by atoms with Crippen LogP contribution in [0, 0.1) is 0 Å². The highest BCUT2D eigenvalue weighted by molar-refractivity contribution is 5.81. The van der Waals surface area contributed by atoms with Gasteiger partial charge in [-0.15, -0.1) is 0 Å². The van der Waals surface area contributed by atoms with Gasteiger partial charge in [-0.1, -0.05) is 0 Å². The van der Waals surface area contributed by atoms with Crippen molar-refractivity contribution in [2.45, 2.75) is 38.8 Å². The molecule has 1 aliphatic rings. The van der Waals surface area contributed by atoms with Crippen LogP contribution in [0.25, 0.3) is 0 Å². The maximum atomic E-state index is 11.7. The lowest BCUT2D eigenvalue weighted by atomic mass is 10.2. The summed E-state index contributed by atoms with van der Waals surface area (Å²) in [6.45, 7) is 5.61. The molecule has 1 aliphatic heterocycles. The molecule has 0 radical (unpaired) electrons. The van der Waals surface area contributed by atoms with Crippen LogP contribution in [0.3, 0.4) is 0 Å². The van der Waals surface area contributed by atoms with E-state index in [1.165, 1.54) is 0 Å². The molecule has 0 bridgehead atoms. The molecule has 1 atom stereocenters. The minimum Gasteiger partial charge on any atom is -0.376 e. The Balaban J connectivity index is 2.14. The zero-order valence-electron chi connectivity index (χ0n) is 12.1. The SMILES string of the molecule is CC(C)NC(=O)CN(C)CC(=O)NCC1CCCO1. The second-order valence-electron chi connectivity index (χ2n) is 5.33. The normalized spacial score (nSPS) is 18.9. The lowest BCUT2D eigenvalue weighted by molar-refractivity contribution is -0.125. The minimum atomic E-state index is -0.0738. The second-order valence-corrected chi connectivity index (χ2v) is 5.33. The van der Waals surface area contributed by atoms with Gasteiger partial charge in [0.05, 0.1) is 19.2 Å². The van der Waals surface area contributed by atoms with Crippen molar-refractivity contribution in [1.29, 1.82) is 0 Å². The van der Waals surface area contributed by atoms with E-state index in [1.807, 2.05) is 13.8 Å². The number of hydrogen-bond acceptors (Lipinski definition) is 4. The molecule has 19 heavy (non-hydrogen) atoms. The molecule has 0 aromatic rings. The van der Waals surface area contributed by atoms with Crippen molar-refractivity contribution in [2.24, 2.45) is 0 Å². The molecule has 1 rings (SSSR count). The fourth-order valence-electron chi connectivity index (χ4n) is 2.00. The Kier molecular flexibility index (Phi) is 6.80. The lowest BCUT2D eigenvalue weighted by Crippen LogP contribution is -2.43. The highest BCUT2D eigenvalue weighted by Gasteiger charge is 2.17. The lowest BCUT2D eigenvalue weighted by Gasteiger charge is -2.18. The first-order valence-electron chi connectivity index (χ1n) is 6.83. The van der Waals surface area contributed by atoms with E-state index >= 15 is 0 Å². The monoisotopic (exact) mass is 271 g/mol. The summed E-state index contributed by atoms with van der Waals surface area (Å²) in [5.74, 6) is -0.139. The van der Waals surface area contributed by atoms with E-state index in [9.17, 15) is 9.59 Å². The summed E-state index contributed by atoms with van der Waals surface area (Å²) in [7, 11) is 1.76. The van der Waals surface area contributed by atoms with Crippen LogP contribution < -0.4 is 10.6 Å². The van der Waals surface area contributed by atoms with Gasteiger partial charge in [0, 0.05) is 19.2 Å². The maximum Gasteiger partial charge on any atom is 0.234 e. The standard InChI is InChI=1S/C13H25N3O3/c1-10(2)15-13(18)9-16(3)8-12(17)14-7-11-5-4-6-19-11/h10-11H,4-9H2,1-3H3,(H,14,17)(H,15,18). The number of rotatable bonds is 7. The molecule has 1 saturated heterocycles. The van der Waals surface area contributed by atoms with E-state index in [4.69, 9.17) is 4.74 Å². The third-order valence-corrected chi connectivity index (χ3v) is 2.83. The van der Waals surface area contributed by atoms with Gasteiger partial charge in [0.15, 0.2) is 0 Å². The molecule has 0 spiro atoms. The second kappa shape index (κ2) is 8.12. The molecule has 6 heteroatoms. The number of carbonyl (C=O) groups excluding carboxylic acids is 2. The quantitative estimate of drug-likeness (QED) is 0.669. The molecular formula is C13H25N3O3. The number of hydrogen-bond donors (Lipinski definition) is 2. The molecule has 1 fully saturated rings. The highest BCUT2D eigenvalue weighted by Crippen LogP contribution is 2.10. The van der Waals surface area contributed by atoms with Gasteiger partial charge in [0.25, 0.3) is 0 Å². The first-order valence-corrected chi connectivity index (χ1v) is 6.83. The largest absolute Gasteiger partial charge is 0.376 e. The maximum absolute atomic E-state index is 11.7. The van der Waals surface area contributed by atoms with Gasteiger partial charge >= 0.3 is 0 Å². The number of nitrogens with zero attached hydrogens (tertiary/aromatic N) is 1. The smallest absolute Gasteiger partial charge is 0.234 e. The van der Waals surface area contributed by atoms with Gasteiger partial charge in [-0.25, -0.2) is 0 Å². The van der Waals surface area contributed by atoms with Gasteiger partial charge in [-0.2, -0.15) is 0 Å². The van der Waals surface area contributed by atoms with Crippen LogP contribution in [0.15, 0.2) is 0 Å². The molecule has 0 saturated carbocycles. The molecule has 6 nitrogen and oxygen atoms in total. The molecule has 2 amide bonds. The molecule has 1 unspecified atom stereocenters. The van der Waals surface area contributed by atoms with E-state index in [1.54, 1.807) is 11.9 Å². The van der Waals surface area contributed by atoms with Crippen molar-refractivity contribution in [2.75, 3.05) is 33.3 Å².